The summed E-state index contributed by atoms with van der Waals surface area (Å²) in [7, 11) is 1.96. The molecule has 0 heterocycles. The smallest absolute Gasteiger partial charge is 0.224 e. The lowest BCUT2D eigenvalue weighted by Gasteiger charge is -2.34. The molecule has 0 bridgehead atoms. The Labute approximate surface area is 105 Å². The Hall–Kier alpha value is -0.570. The molecule has 0 radical (unpaired) electrons. The van der Waals surface area contributed by atoms with E-state index in [0.717, 1.165) is 5.92 Å². The van der Waals surface area contributed by atoms with Crippen LogP contribution in [0.4, 0.5) is 0 Å². The Kier molecular flexibility index (Phi) is 4.08. The van der Waals surface area contributed by atoms with E-state index in [9.17, 15) is 4.79 Å². The molecule has 98 valence electrons. The van der Waals surface area contributed by atoms with Crippen molar-refractivity contribution in [2.45, 2.75) is 64.0 Å². The van der Waals surface area contributed by atoms with E-state index in [1.165, 1.54) is 38.5 Å². The second kappa shape index (κ2) is 5.38. The molecule has 3 atom stereocenters. The lowest BCUT2D eigenvalue weighted by atomic mass is 9.86. The fraction of sp³-hybridized carbons (Fsp3) is 0.929. The molecule has 2 fully saturated rings. The minimum absolute atomic E-state index is 0.103. The zero-order valence-corrected chi connectivity index (χ0v) is 11.2. The summed E-state index contributed by atoms with van der Waals surface area (Å²) in [4.78, 5) is 14.1. The van der Waals surface area contributed by atoms with Crippen molar-refractivity contribution in [1.82, 2.24) is 4.90 Å². The number of nitrogens with two attached hydrogens (primary N) is 1. The highest BCUT2D eigenvalue weighted by Gasteiger charge is 2.32. The fourth-order valence-corrected chi connectivity index (χ4v) is 2.99. The average molecular weight is 238 g/mol. The maximum Gasteiger partial charge on any atom is 0.224 e. The van der Waals surface area contributed by atoms with Crippen molar-refractivity contribution < 1.29 is 4.79 Å². The molecular weight excluding hydrogens is 212 g/mol. The number of carbonyl (C=O) groups excluding carboxylic acids is 1. The maximum absolute atomic E-state index is 12.1. The monoisotopic (exact) mass is 238 g/mol. The van der Waals surface area contributed by atoms with E-state index < -0.39 is 0 Å². The summed E-state index contributed by atoms with van der Waals surface area (Å²) in [6.45, 7) is 2.29. The predicted octanol–water partition coefficient (Wildman–Crippen LogP) is 2.15. The van der Waals surface area contributed by atoms with Crippen LogP contribution in [0.3, 0.4) is 0 Å². The first-order valence-corrected chi connectivity index (χ1v) is 7.09. The van der Waals surface area contributed by atoms with E-state index in [1.807, 2.05) is 11.9 Å². The van der Waals surface area contributed by atoms with Crippen LogP contribution < -0.4 is 5.73 Å². The van der Waals surface area contributed by atoms with Crippen LogP contribution in [0.2, 0.25) is 0 Å². The van der Waals surface area contributed by atoms with Gasteiger partial charge in [0.15, 0.2) is 0 Å². The molecule has 2 N–H and O–H groups in total. The number of hydrogen-bond donors (Lipinski definition) is 1. The third kappa shape index (κ3) is 3.44. The summed E-state index contributed by atoms with van der Waals surface area (Å²) in [6.07, 6.45) is 7.91. The van der Waals surface area contributed by atoms with Gasteiger partial charge < -0.3 is 10.6 Å². The van der Waals surface area contributed by atoms with E-state index in [4.69, 9.17) is 5.73 Å². The van der Waals surface area contributed by atoms with Crippen molar-refractivity contribution in [2.24, 2.45) is 17.6 Å². The second-order valence-electron chi connectivity index (χ2n) is 6.14. The number of carbonyl (C=O) groups is 1. The third-order valence-corrected chi connectivity index (χ3v) is 4.49. The molecule has 0 aliphatic heterocycles. The van der Waals surface area contributed by atoms with Crippen LogP contribution in [0.5, 0.6) is 0 Å². The van der Waals surface area contributed by atoms with Gasteiger partial charge >= 0.3 is 0 Å². The summed E-state index contributed by atoms with van der Waals surface area (Å²) < 4.78 is 0. The zero-order chi connectivity index (χ0) is 12.4. The minimum Gasteiger partial charge on any atom is -0.343 e. The molecule has 0 aromatic carbocycles. The standard InChI is InChI=1S/C14H26N2O/c1-10-4-3-5-12(8-10)16(2)14(17)9-13(15)11-6-7-11/h10-13H,3-9,15H2,1-2H3. The molecule has 3 unspecified atom stereocenters. The SMILES string of the molecule is CC1CCCC(N(C)C(=O)CC(N)C2CC2)C1. The average Bonchev–Trinajstić information content (AvgIpc) is 3.11. The molecule has 0 aromatic heterocycles. The van der Waals surface area contributed by atoms with Gasteiger partial charge in [0.25, 0.3) is 0 Å². The second-order valence-corrected chi connectivity index (χ2v) is 6.14. The van der Waals surface area contributed by atoms with Crippen LogP contribution in [-0.4, -0.2) is 29.9 Å². The van der Waals surface area contributed by atoms with Crippen LogP contribution in [0.25, 0.3) is 0 Å². The van der Waals surface area contributed by atoms with Gasteiger partial charge in [-0.15, -0.1) is 0 Å². The van der Waals surface area contributed by atoms with E-state index in [1.54, 1.807) is 0 Å². The molecule has 1 amide bonds. The lowest BCUT2D eigenvalue weighted by Crippen LogP contribution is -2.42. The first-order chi connectivity index (χ1) is 8.08. The lowest BCUT2D eigenvalue weighted by molar-refractivity contribution is -0.133. The molecule has 0 saturated heterocycles. The number of hydrogen-bond acceptors (Lipinski definition) is 2. The molecule has 0 aromatic rings. The van der Waals surface area contributed by atoms with Crippen molar-refractivity contribution in [2.75, 3.05) is 7.05 Å². The molecule has 17 heavy (non-hydrogen) atoms. The van der Waals surface area contributed by atoms with E-state index in [0.29, 0.717) is 18.4 Å². The number of nitrogens with zero attached hydrogens (tertiary/aromatic N) is 1. The van der Waals surface area contributed by atoms with Crippen molar-refractivity contribution >= 4 is 5.91 Å². The quantitative estimate of drug-likeness (QED) is 0.815. The molecule has 2 saturated carbocycles. The van der Waals surface area contributed by atoms with Gasteiger partial charge in [0, 0.05) is 25.6 Å². The van der Waals surface area contributed by atoms with E-state index in [-0.39, 0.29) is 11.9 Å². The van der Waals surface area contributed by atoms with Crippen LogP contribution >= 0.6 is 0 Å². The Bertz CT molecular complexity index is 275. The summed E-state index contributed by atoms with van der Waals surface area (Å²) in [5.74, 6) is 1.64. The first-order valence-electron chi connectivity index (χ1n) is 7.09. The summed E-state index contributed by atoms with van der Waals surface area (Å²) in [6, 6.07) is 0.559. The van der Waals surface area contributed by atoms with Crippen molar-refractivity contribution in [1.29, 1.82) is 0 Å². The van der Waals surface area contributed by atoms with Gasteiger partial charge in [-0.05, 0) is 37.5 Å². The highest BCUT2D eigenvalue weighted by atomic mass is 16.2. The molecule has 2 aliphatic carbocycles. The summed E-state index contributed by atoms with van der Waals surface area (Å²) >= 11 is 0. The Morgan fingerprint density at radius 2 is 2.06 bits per heavy atom. The van der Waals surface area contributed by atoms with E-state index >= 15 is 0 Å². The Morgan fingerprint density at radius 1 is 1.35 bits per heavy atom. The Morgan fingerprint density at radius 3 is 2.65 bits per heavy atom. The van der Waals surface area contributed by atoms with Crippen molar-refractivity contribution in [3.8, 4) is 0 Å². The highest BCUT2D eigenvalue weighted by Crippen LogP contribution is 2.33. The van der Waals surface area contributed by atoms with Crippen molar-refractivity contribution in [3.05, 3.63) is 0 Å². The van der Waals surface area contributed by atoms with Gasteiger partial charge in [-0.25, -0.2) is 0 Å². The Balaban J connectivity index is 1.80. The van der Waals surface area contributed by atoms with Gasteiger partial charge in [-0.1, -0.05) is 19.8 Å². The largest absolute Gasteiger partial charge is 0.343 e. The van der Waals surface area contributed by atoms with E-state index in [2.05, 4.69) is 6.92 Å². The van der Waals surface area contributed by atoms with Gasteiger partial charge in [0.05, 0.1) is 0 Å². The zero-order valence-electron chi connectivity index (χ0n) is 11.2. The normalized spacial score (nSPS) is 31.0. The number of rotatable bonds is 4. The van der Waals surface area contributed by atoms with Crippen molar-refractivity contribution in [3.63, 3.8) is 0 Å². The van der Waals surface area contributed by atoms with Gasteiger partial charge in [0.1, 0.15) is 0 Å². The first kappa shape index (κ1) is 12.9. The minimum atomic E-state index is 0.103. The molecule has 0 spiro atoms. The summed E-state index contributed by atoms with van der Waals surface area (Å²) in [5.41, 5.74) is 6.03. The maximum atomic E-state index is 12.1. The molecule has 2 rings (SSSR count). The molecule has 3 heteroatoms. The molecule has 3 nitrogen and oxygen atoms in total. The number of amides is 1. The van der Waals surface area contributed by atoms with Crippen LogP contribution in [0.15, 0.2) is 0 Å². The fourth-order valence-electron chi connectivity index (χ4n) is 2.99. The van der Waals surface area contributed by atoms with Gasteiger partial charge in [-0.3, -0.25) is 4.79 Å². The van der Waals surface area contributed by atoms with Gasteiger partial charge in [0.2, 0.25) is 5.91 Å². The summed E-state index contributed by atoms with van der Waals surface area (Å²) in [5, 5.41) is 0. The third-order valence-electron chi connectivity index (χ3n) is 4.49. The van der Waals surface area contributed by atoms with Crippen LogP contribution in [-0.2, 0) is 4.79 Å². The van der Waals surface area contributed by atoms with Gasteiger partial charge in [-0.2, -0.15) is 0 Å². The topological polar surface area (TPSA) is 46.3 Å². The molecular formula is C14H26N2O. The predicted molar refractivity (Wildman–Crippen MR) is 69.5 cm³/mol. The highest BCUT2D eigenvalue weighted by molar-refractivity contribution is 5.77. The van der Waals surface area contributed by atoms with Crippen LogP contribution in [0.1, 0.15) is 51.9 Å². The van der Waals surface area contributed by atoms with Crippen LogP contribution in [0, 0.1) is 11.8 Å². The molecule has 2 aliphatic rings.